The average molecular weight is 206 g/mol. The van der Waals surface area contributed by atoms with Crippen LogP contribution in [0.3, 0.4) is 0 Å². The number of hydrogen-bond donors (Lipinski definition) is 1. The lowest BCUT2D eigenvalue weighted by atomic mass is 10.1. The number of amides is 1. The topological polar surface area (TPSA) is 41.6 Å². The van der Waals surface area contributed by atoms with E-state index < -0.39 is 6.09 Å². The summed E-state index contributed by atoms with van der Waals surface area (Å²) >= 11 is 0. The molecule has 0 radical (unpaired) electrons. The van der Waals surface area contributed by atoms with Crippen molar-refractivity contribution in [3.05, 3.63) is 29.3 Å². The highest BCUT2D eigenvalue weighted by Crippen LogP contribution is 2.24. The van der Waals surface area contributed by atoms with E-state index in [1.54, 1.807) is 0 Å². The van der Waals surface area contributed by atoms with Crippen molar-refractivity contribution in [2.24, 2.45) is 0 Å². The number of rotatable bonds is 1. The van der Waals surface area contributed by atoms with Gasteiger partial charge >= 0.3 is 6.09 Å². The van der Waals surface area contributed by atoms with Crippen LogP contribution in [0.15, 0.2) is 18.2 Å². The van der Waals surface area contributed by atoms with Gasteiger partial charge in [-0.05, 0) is 30.3 Å². The largest absolute Gasteiger partial charge is 0.453 e. The molecular weight excluding hydrogens is 192 g/mol. The molecule has 1 heterocycles. The van der Waals surface area contributed by atoms with E-state index in [4.69, 9.17) is 0 Å². The molecule has 0 atom stereocenters. The summed E-state index contributed by atoms with van der Waals surface area (Å²) in [5.74, 6) is 0. The van der Waals surface area contributed by atoms with Crippen molar-refractivity contribution >= 4 is 11.8 Å². The molecule has 0 aromatic heterocycles. The maximum atomic E-state index is 11.0. The second-order valence-electron chi connectivity index (χ2n) is 3.77. The highest BCUT2D eigenvalue weighted by Gasteiger charge is 2.15. The van der Waals surface area contributed by atoms with Crippen LogP contribution >= 0.6 is 0 Å². The minimum Gasteiger partial charge on any atom is -0.453 e. The van der Waals surface area contributed by atoms with Crippen molar-refractivity contribution in [2.75, 3.05) is 19.5 Å². The zero-order valence-corrected chi connectivity index (χ0v) is 8.91. The molecule has 15 heavy (non-hydrogen) atoms. The van der Waals surface area contributed by atoms with E-state index >= 15 is 0 Å². The highest BCUT2D eigenvalue weighted by molar-refractivity contribution is 5.84. The van der Waals surface area contributed by atoms with Crippen LogP contribution in [-0.2, 0) is 17.8 Å². The van der Waals surface area contributed by atoms with Gasteiger partial charge in [-0.15, -0.1) is 0 Å². The van der Waals surface area contributed by atoms with Gasteiger partial charge in [-0.2, -0.15) is 0 Å². The predicted molar refractivity (Wildman–Crippen MR) is 57.6 cm³/mol. The Bertz CT molecular complexity index is 390. The molecule has 2 rings (SSSR count). The molecule has 1 N–H and O–H groups in total. The van der Waals surface area contributed by atoms with Gasteiger partial charge in [0, 0.05) is 18.8 Å². The zero-order valence-electron chi connectivity index (χ0n) is 8.91. The molecule has 1 aliphatic rings. The maximum absolute atomic E-state index is 11.0. The summed E-state index contributed by atoms with van der Waals surface area (Å²) in [6, 6.07) is 5.94. The van der Waals surface area contributed by atoms with E-state index in [1.807, 2.05) is 18.2 Å². The molecule has 0 unspecified atom stereocenters. The standard InChI is InChI=1S/C11H14N2O2/c1-13-6-8-3-4-10(5-9(8)7-13)12-11(14)15-2/h3-5H,6-7H2,1-2H3,(H,12,14). The Morgan fingerprint density at radius 2 is 2.13 bits per heavy atom. The number of carbonyl (C=O) groups is 1. The molecule has 0 fully saturated rings. The summed E-state index contributed by atoms with van der Waals surface area (Å²) in [6.45, 7) is 1.92. The van der Waals surface area contributed by atoms with E-state index in [1.165, 1.54) is 18.2 Å². The van der Waals surface area contributed by atoms with Crippen molar-refractivity contribution in [3.8, 4) is 0 Å². The summed E-state index contributed by atoms with van der Waals surface area (Å²) < 4.78 is 4.53. The summed E-state index contributed by atoms with van der Waals surface area (Å²) in [6.07, 6.45) is -0.429. The number of fused-ring (bicyclic) bond motifs is 1. The molecule has 0 spiro atoms. The van der Waals surface area contributed by atoms with Gasteiger partial charge in [-0.3, -0.25) is 10.2 Å². The quantitative estimate of drug-likeness (QED) is 0.762. The number of methoxy groups -OCH3 is 1. The first-order valence-electron chi connectivity index (χ1n) is 4.84. The Balaban J connectivity index is 2.16. The fraction of sp³-hybridized carbons (Fsp3) is 0.364. The van der Waals surface area contributed by atoms with Crippen LogP contribution in [0.5, 0.6) is 0 Å². The lowest BCUT2D eigenvalue weighted by molar-refractivity contribution is 0.187. The van der Waals surface area contributed by atoms with Crippen LogP contribution in [0.2, 0.25) is 0 Å². The van der Waals surface area contributed by atoms with Gasteiger partial charge in [0.2, 0.25) is 0 Å². The van der Waals surface area contributed by atoms with E-state index in [9.17, 15) is 4.79 Å². The van der Waals surface area contributed by atoms with E-state index in [0.29, 0.717) is 0 Å². The van der Waals surface area contributed by atoms with Crippen LogP contribution in [0.25, 0.3) is 0 Å². The molecule has 0 saturated carbocycles. The third-order valence-corrected chi connectivity index (χ3v) is 2.52. The SMILES string of the molecule is COC(=O)Nc1ccc2c(c1)CN(C)C2. The van der Waals surface area contributed by atoms with E-state index in [-0.39, 0.29) is 0 Å². The van der Waals surface area contributed by atoms with Crippen molar-refractivity contribution in [1.29, 1.82) is 0 Å². The summed E-state index contributed by atoms with van der Waals surface area (Å²) in [4.78, 5) is 13.2. The Kier molecular flexibility index (Phi) is 2.60. The fourth-order valence-electron chi connectivity index (χ4n) is 1.81. The van der Waals surface area contributed by atoms with Gasteiger partial charge in [-0.25, -0.2) is 4.79 Å². The lowest BCUT2D eigenvalue weighted by Gasteiger charge is -2.05. The molecule has 1 amide bonds. The van der Waals surface area contributed by atoms with Gasteiger partial charge in [-0.1, -0.05) is 6.07 Å². The number of carbonyl (C=O) groups excluding carboxylic acids is 1. The molecule has 1 aromatic rings. The highest BCUT2D eigenvalue weighted by atomic mass is 16.5. The number of anilines is 1. The predicted octanol–water partition coefficient (Wildman–Crippen LogP) is 1.81. The third kappa shape index (κ3) is 2.10. The minimum atomic E-state index is -0.429. The first-order valence-corrected chi connectivity index (χ1v) is 4.84. The number of nitrogens with zero attached hydrogens (tertiary/aromatic N) is 1. The molecule has 4 heteroatoms. The number of nitrogens with one attached hydrogen (secondary N) is 1. The number of benzene rings is 1. The molecule has 0 saturated heterocycles. The van der Waals surface area contributed by atoms with Gasteiger partial charge < -0.3 is 4.74 Å². The molecule has 0 bridgehead atoms. The first kappa shape index (κ1) is 9.98. The van der Waals surface area contributed by atoms with Gasteiger partial charge in [0.05, 0.1) is 7.11 Å². The fourth-order valence-corrected chi connectivity index (χ4v) is 1.81. The molecule has 1 aromatic carbocycles. The first-order chi connectivity index (χ1) is 7.19. The zero-order chi connectivity index (χ0) is 10.8. The average Bonchev–Trinajstić information content (AvgIpc) is 2.57. The van der Waals surface area contributed by atoms with Crippen molar-refractivity contribution < 1.29 is 9.53 Å². The van der Waals surface area contributed by atoms with Crippen LogP contribution < -0.4 is 5.32 Å². The van der Waals surface area contributed by atoms with Crippen LogP contribution in [-0.4, -0.2) is 25.2 Å². The molecule has 0 aliphatic carbocycles. The van der Waals surface area contributed by atoms with E-state index in [0.717, 1.165) is 18.8 Å². The number of ether oxygens (including phenoxy) is 1. The molecular formula is C11H14N2O2. The molecule has 80 valence electrons. The van der Waals surface area contributed by atoms with E-state index in [2.05, 4.69) is 22.0 Å². The Morgan fingerprint density at radius 3 is 2.87 bits per heavy atom. The minimum absolute atomic E-state index is 0.429. The monoisotopic (exact) mass is 206 g/mol. The van der Waals surface area contributed by atoms with Crippen LogP contribution in [0.1, 0.15) is 11.1 Å². The van der Waals surface area contributed by atoms with Crippen molar-refractivity contribution in [3.63, 3.8) is 0 Å². The molecule has 1 aliphatic heterocycles. The third-order valence-electron chi connectivity index (χ3n) is 2.52. The second kappa shape index (κ2) is 3.90. The molecule has 4 nitrogen and oxygen atoms in total. The Morgan fingerprint density at radius 1 is 1.40 bits per heavy atom. The Labute approximate surface area is 88.8 Å². The van der Waals surface area contributed by atoms with Gasteiger partial charge in [0.15, 0.2) is 0 Å². The number of hydrogen-bond acceptors (Lipinski definition) is 3. The smallest absolute Gasteiger partial charge is 0.411 e. The van der Waals surface area contributed by atoms with Crippen molar-refractivity contribution in [2.45, 2.75) is 13.1 Å². The summed E-state index contributed by atoms with van der Waals surface area (Å²) in [5.41, 5.74) is 3.38. The summed E-state index contributed by atoms with van der Waals surface area (Å²) in [5, 5.41) is 2.66. The summed E-state index contributed by atoms with van der Waals surface area (Å²) in [7, 11) is 3.43. The van der Waals surface area contributed by atoms with Gasteiger partial charge in [0.1, 0.15) is 0 Å². The lowest BCUT2D eigenvalue weighted by Crippen LogP contribution is -2.11. The second-order valence-corrected chi connectivity index (χ2v) is 3.77. The van der Waals surface area contributed by atoms with Crippen molar-refractivity contribution in [1.82, 2.24) is 4.90 Å². The van der Waals surface area contributed by atoms with Crippen LogP contribution in [0, 0.1) is 0 Å². The van der Waals surface area contributed by atoms with Crippen LogP contribution in [0.4, 0.5) is 10.5 Å². The maximum Gasteiger partial charge on any atom is 0.411 e. The Hall–Kier alpha value is -1.55. The normalized spacial score (nSPS) is 14.8. The van der Waals surface area contributed by atoms with Gasteiger partial charge in [0.25, 0.3) is 0 Å².